The summed E-state index contributed by atoms with van der Waals surface area (Å²) in [6.45, 7) is 1.68. The van der Waals surface area contributed by atoms with E-state index >= 15 is 0 Å². The summed E-state index contributed by atoms with van der Waals surface area (Å²) in [4.78, 5) is 4.08. The normalized spacial score (nSPS) is 12.2. The van der Waals surface area contributed by atoms with Crippen LogP contribution in [0.5, 0.6) is 0 Å². The summed E-state index contributed by atoms with van der Waals surface area (Å²) in [6, 6.07) is 0. The molecular weight excluding hydrogens is 307 g/mol. The molecule has 9 heteroatoms. The minimum absolute atomic E-state index is 0.0278. The van der Waals surface area contributed by atoms with Gasteiger partial charge in [-0.1, -0.05) is 22.9 Å². The topological polar surface area (TPSA) is 49.0 Å². The van der Waals surface area contributed by atoms with Gasteiger partial charge in [-0.05, 0) is 17.6 Å². The van der Waals surface area contributed by atoms with Crippen molar-refractivity contribution in [1.29, 1.82) is 5.26 Å². The molecule has 0 aliphatic carbocycles. The summed E-state index contributed by atoms with van der Waals surface area (Å²) in [5.74, 6) is -1.51. The predicted octanol–water partition coefficient (Wildman–Crippen LogP) is 4.21. The summed E-state index contributed by atoms with van der Waals surface area (Å²) in [5.41, 5.74) is 0.579. The molecule has 18 heavy (non-hydrogen) atoms. The average Bonchev–Trinajstić information content (AvgIpc) is 2.64. The highest BCUT2D eigenvalue weighted by Gasteiger charge is 2.13. The van der Waals surface area contributed by atoms with Crippen LogP contribution in [0.2, 0.25) is 4.34 Å². The summed E-state index contributed by atoms with van der Waals surface area (Å²) in [7, 11) is -1.04. The zero-order valence-corrected chi connectivity index (χ0v) is 11.5. The Labute approximate surface area is 113 Å². The van der Waals surface area contributed by atoms with Gasteiger partial charge >= 0.3 is 6.08 Å². The van der Waals surface area contributed by atoms with Gasteiger partial charge in [0, 0.05) is 12.2 Å². The summed E-state index contributed by atoms with van der Waals surface area (Å²) >= 11 is 6.94. The van der Waals surface area contributed by atoms with E-state index in [1.807, 2.05) is 0 Å². The van der Waals surface area contributed by atoms with Crippen molar-refractivity contribution in [2.75, 3.05) is 5.75 Å². The number of allylic oxidation sites excluding steroid dienone is 1. The van der Waals surface area contributed by atoms with E-state index in [-0.39, 0.29) is 5.75 Å². The zero-order chi connectivity index (χ0) is 13.7. The minimum Gasteiger partial charge on any atom is -0.232 e. The molecule has 0 radical (unpaired) electrons. The number of aromatic nitrogens is 1. The van der Waals surface area contributed by atoms with Crippen molar-refractivity contribution in [3.8, 4) is 6.19 Å². The van der Waals surface area contributed by atoms with E-state index < -0.39 is 29.0 Å². The Kier molecular flexibility index (Phi) is 5.78. The van der Waals surface area contributed by atoms with Gasteiger partial charge in [0.1, 0.15) is 4.34 Å². The number of nitrogens with zero attached hydrogens (tertiary/aromatic N) is 3. The molecule has 98 valence electrons. The third kappa shape index (κ3) is 4.08. The van der Waals surface area contributed by atoms with Crippen molar-refractivity contribution in [2.24, 2.45) is 4.36 Å². The summed E-state index contributed by atoms with van der Waals surface area (Å²) in [5, 5.41) is 8.53. The molecule has 0 amide bonds. The Morgan fingerprint density at radius 2 is 2.22 bits per heavy atom. The quantitative estimate of drug-likeness (QED) is 0.782. The molecule has 1 atom stereocenters. The van der Waals surface area contributed by atoms with Crippen molar-refractivity contribution in [2.45, 2.75) is 17.7 Å². The molecule has 1 unspecified atom stereocenters. The lowest BCUT2D eigenvalue weighted by atomic mass is 10.4. The molecule has 0 fully saturated rings. The molecule has 1 aromatic heterocycles. The van der Waals surface area contributed by atoms with Crippen LogP contribution in [0.25, 0.3) is 0 Å². The lowest BCUT2D eigenvalue weighted by Crippen LogP contribution is -1.98. The molecule has 3 nitrogen and oxygen atoms in total. The van der Waals surface area contributed by atoms with Crippen LogP contribution in [0.15, 0.2) is 20.6 Å². The fourth-order valence-corrected chi connectivity index (χ4v) is 3.94. The van der Waals surface area contributed by atoms with Gasteiger partial charge in [0.15, 0.2) is 10.2 Å². The fourth-order valence-electron chi connectivity index (χ4n) is 0.957. The Balaban J connectivity index is 2.90. The maximum absolute atomic E-state index is 12.7. The molecule has 0 aliphatic heterocycles. The third-order valence-corrected chi connectivity index (χ3v) is 5.25. The molecule has 0 N–H and O–H groups in total. The van der Waals surface area contributed by atoms with Gasteiger partial charge in [-0.2, -0.15) is 14.0 Å². The zero-order valence-electron chi connectivity index (χ0n) is 9.08. The first-order valence-corrected chi connectivity index (χ1v) is 7.13. The second-order valence-corrected chi connectivity index (χ2v) is 6.58. The number of hydrogen-bond acceptors (Lipinski definition) is 4. The van der Waals surface area contributed by atoms with Crippen LogP contribution < -0.4 is 0 Å². The van der Waals surface area contributed by atoms with E-state index in [1.165, 1.54) is 0 Å². The van der Waals surface area contributed by atoms with Gasteiger partial charge < -0.3 is 0 Å². The molecule has 0 spiro atoms. The van der Waals surface area contributed by atoms with Crippen LogP contribution in [-0.2, 0) is 10.7 Å². The maximum Gasteiger partial charge on any atom is 0.301 e. The Morgan fingerprint density at radius 1 is 1.56 bits per heavy atom. The van der Waals surface area contributed by atoms with Crippen LogP contribution in [0.1, 0.15) is 12.1 Å². The first-order chi connectivity index (χ1) is 8.45. The third-order valence-electron chi connectivity index (χ3n) is 1.79. The molecule has 0 saturated heterocycles. The number of thiazole rings is 1. The molecule has 1 heterocycles. The van der Waals surface area contributed by atoms with Crippen LogP contribution in [0.4, 0.5) is 13.2 Å². The predicted molar refractivity (Wildman–Crippen MR) is 65.4 cm³/mol. The monoisotopic (exact) mass is 313 g/mol. The van der Waals surface area contributed by atoms with Gasteiger partial charge in [0.25, 0.3) is 0 Å². The molecule has 0 aromatic carbocycles. The lowest BCUT2D eigenvalue weighted by molar-refractivity contribution is 0.373. The Hall–Kier alpha value is -0.910. The second kappa shape index (κ2) is 6.87. The number of halogens is 4. The highest BCUT2D eigenvalue weighted by molar-refractivity contribution is 7.89. The Morgan fingerprint density at radius 3 is 2.67 bits per heavy atom. The van der Waals surface area contributed by atoms with Gasteiger partial charge in [0.05, 0.1) is 5.69 Å². The standard InChI is InChI=1S/C9H7ClF3N3S2/c1-5-7(10)17-9(16-5)18(15-4-14)3-2-6(11)8(12)13/h2-3H2,1H3. The molecule has 0 bridgehead atoms. The fraction of sp³-hybridized carbons (Fsp3) is 0.333. The summed E-state index contributed by atoms with van der Waals surface area (Å²) in [6.07, 6.45) is -1.24. The van der Waals surface area contributed by atoms with Crippen molar-refractivity contribution < 1.29 is 13.2 Å². The number of hydrogen-bond donors (Lipinski definition) is 0. The molecular formula is C9H7ClF3N3S2. The van der Waals surface area contributed by atoms with E-state index in [0.29, 0.717) is 14.4 Å². The van der Waals surface area contributed by atoms with Crippen molar-refractivity contribution in [3.05, 3.63) is 21.9 Å². The largest absolute Gasteiger partial charge is 0.301 e. The van der Waals surface area contributed by atoms with Crippen LogP contribution in [0, 0.1) is 18.4 Å². The van der Waals surface area contributed by atoms with Crippen LogP contribution >= 0.6 is 22.9 Å². The number of aryl methyl sites for hydroxylation is 1. The number of rotatable bonds is 4. The van der Waals surface area contributed by atoms with E-state index in [0.717, 1.165) is 11.3 Å². The average molecular weight is 314 g/mol. The molecule has 0 saturated carbocycles. The molecule has 0 aliphatic rings. The number of nitriles is 1. The van der Waals surface area contributed by atoms with Crippen molar-refractivity contribution in [3.63, 3.8) is 0 Å². The van der Waals surface area contributed by atoms with Crippen molar-refractivity contribution >= 4 is 33.6 Å². The van der Waals surface area contributed by atoms with Crippen LogP contribution in [0.3, 0.4) is 0 Å². The van der Waals surface area contributed by atoms with Crippen molar-refractivity contribution in [1.82, 2.24) is 4.98 Å². The summed E-state index contributed by atoms with van der Waals surface area (Å²) < 4.78 is 41.0. The molecule has 1 rings (SSSR count). The van der Waals surface area contributed by atoms with Gasteiger partial charge in [0.2, 0.25) is 6.19 Å². The van der Waals surface area contributed by atoms with Gasteiger partial charge in [-0.25, -0.2) is 9.37 Å². The van der Waals surface area contributed by atoms with E-state index in [2.05, 4.69) is 9.35 Å². The first kappa shape index (κ1) is 15.1. The second-order valence-electron chi connectivity index (χ2n) is 3.01. The van der Waals surface area contributed by atoms with E-state index in [1.54, 1.807) is 13.1 Å². The first-order valence-electron chi connectivity index (χ1n) is 4.59. The Bertz CT molecular complexity index is 524. The van der Waals surface area contributed by atoms with E-state index in [9.17, 15) is 13.2 Å². The van der Waals surface area contributed by atoms with Gasteiger partial charge in [-0.15, -0.1) is 4.36 Å². The van der Waals surface area contributed by atoms with Crippen LogP contribution in [-0.4, -0.2) is 10.7 Å². The van der Waals surface area contributed by atoms with E-state index in [4.69, 9.17) is 16.9 Å². The maximum atomic E-state index is 12.7. The highest BCUT2D eigenvalue weighted by atomic mass is 35.5. The minimum atomic E-state index is -2.34. The molecule has 1 aromatic rings. The smallest absolute Gasteiger partial charge is 0.232 e. The highest BCUT2D eigenvalue weighted by Crippen LogP contribution is 2.27. The van der Waals surface area contributed by atoms with Gasteiger partial charge in [-0.3, -0.25) is 0 Å². The SMILES string of the molecule is Cc1nc(S(CCC(F)=C(F)F)=NC#N)sc1Cl. The lowest BCUT2D eigenvalue weighted by Gasteiger charge is -2.00.